The van der Waals surface area contributed by atoms with Crippen molar-refractivity contribution in [2.24, 2.45) is 5.73 Å². The van der Waals surface area contributed by atoms with Gasteiger partial charge in [-0.05, 0) is 52.4 Å². The normalized spacial score (nSPS) is 13.9. The maximum absolute atomic E-state index is 13.1. The highest BCUT2D eigenvalue weighted by Gasteiger charge is 2.31. The number of aromatic nitrogens is 2. The minimum Gasteiger partial charge on any atom is -0.377 e. The van der Waals surface area contributed by atoms with Gasteiger partial charge in [0.1, 0.15) is 5.69 Å². The van der Waals surface area contributed by atoms with Crippen LogP contribution in [0.2, 0.25) is 0 Å². The predicted octanol–water partition coefficient (Wildman–Crippen LogP) is 4.35. The second kappa shape index (κ2) is 10.1. The molecule has 0 aliphatic carbocycles. The number of halogens is 3. The van der Waals surface area contributed by atoms with E-state index >= 15 is 0 Å². The molecule has 1 amide bonds. The summed E-state index contributed by atoms with van der Waals surface area (Å²) in [4.78, 5) is 21.2. The second-order valence-electron chi connectivity index (χ2n) is 7.77. The van der Waals surface area contributed by atoms with E-state index in [2.05, 4.69) is 15.3 Å². The third-order valence-corrected chi connectivity index (χ3v) is 5.51. The van der Waals surface area contributed by atoms with E-state index in [1.165, 1.54) is 6.07 Å². The van der Waals surface area contributed by atoms with Crippen molar-refractivity contribution in [3.8, 4) is 11.1 Å². The summed E-state index contributed by atoms with van der Waals surface area (Å²) in [7, 11) is 0. The molecule has 1 aliphatic heterocycles. The Hall–Kier alpha value is -3.56. The lowest BCUT2D eigenvalue weighted by atomic mass is 9.96. The Balaban J connectivity index is 1.45. The Morgan fingerprint density at radius 1 is 1.12 bits per heavy atom. The maximum Gasteiger partial charge on any atom is 0.416 e. The first-order valence-electron chi connectivity index (χ1n) is 10.7. The lowest BCUT2D eigenvalue weighted by molar-refractivity contribution is -0.137. The van der Waals surface area contributed by atoms with E-state index in [9.17, 15) is 18.0 Å². The van der Waals surface area contributed by atoms with Crippen LogP contribution in [0.1, 0.15) is 39.4 Å². The van der Waals surface area contributed by atoms with Gasteiger partial charge in [-0.3, -0.25) is 4.79 Å². The van der Waals surface area contributed by atoms with Crippen LogP contribution < -0.4 is 11.1 Å². The minimum atomic E-state index is -4.44. The summed E-state index contributed by atoms with van der Waals surface area (Å²) in [6.07, 6.45) is -0.293. The SMILES string of the molecule is NCc1ccc(C(F)(F)F)cc1-c1ccc(CNC(=O)c2ccnc(C3=CCOCC3)n2)cc1. The first-order valence-corrected chi connectivity index (χ1v) is 10.7. The summed E-state index contributed by atoms with van der Waals surface area (Å²) < 4.78 is 44.7. The largest absolute Gasteiger partial charge is 0.416 e. The van der Waals surface area contributed by atoms with Gasteiger partial charge in [0.05, 0.1) is 18.8 Å². The Kier molecular flexibility index (Phi) is 7.04. The molecule has 3 aromatic rings. The van der Waals surface area contributed by atoms with Crippen LogP contribution in [-0.4, -0.2) is 29.1 Å². The van der Waals surface area contributed by atoms with Crippen LogP contribution in [0, 0.1) is 0 Å². The number of nitrogens with two attached hydrogens (primary N) is 1. The summed E-state index contributed by atoms with van der Waals surface area (Å²) in [6.45, 7) is 1.45. The van der Waals surface area contributed by atoms with Crippen molar-refractivity contribution in [1.82, 2.24) is 15.3 Å². The van der Waals surface area contributed by atoms with Gasteiger partial charge in [-0.25, -0.2) is 9.97 Å². The lowest BCUT2D eigenvalue weighted by Crippen LogP contribution is -2.24. The lowest BCUT2D eigenvalue weighted by Gasteiger charge is -2.14. The number of rotatable bonds is 6. The van der Waals surface area contributed by atoms with Crippen LogP contribution in [0.3, 0.4) is 0 Å². The number of hydrogen-bond donors (Lipinski definition) is 2. The summed E-state index contributed by atoms with van der Waals surface area (Å²) in [6, 6.07) is 12.0. The van der Waals surface area contributed by atoms with Crippen molar-refractivity contribution >= 4 is 11.5 Å². The molecule has 2 heterocycles. The maximum atomic E-state index is 13.1. The van der Waals surface area contributed by atoms with Crippen molar-refractivity contribution in [2.45, 2.75) is 25.7 Å². The summed E-state index contributed by atoms with van der Waals surface area (Å²) in [5.41, 5.74) is 8.66. The molecular formula is C25H23F3N4O2. The van der Waals surface area contributed by atoms with Crippen LogP contribution in [0.25, 0.3) is 16.7 Å². The molecule has 0 spiro atoms. The minimum absolute atomic E-state index is 0.121. The molecule has 4 rings (SSSR count). The number of carbonyl (C=O) groups excluding carboxylic acids is 1. The Morgan fingerprint density at radius 3 is 2.59 bits per heavy atom. The van der Waals surface area contributed by atoms with Gasteiger partial charge < -0.3 is 15.8 Å². The third-order valence-electron chi connectivity index (χ3n) is 5.51. The van der Waals surface area contributed by atoms with Gasteiger partial charge in [0.2, 0.25) is 0 Å². The zero-order valence-electron chi connectivity index (χ0n) is 18.2. The number of nitrogens with one attached hydrogen (secondary N) is 1. The molecule has 0 atom stereocenters. The quantitative estimate of drug-likeness (QED) is 0.561. The number of amides is 1. The molecule has 0 fully saturated rings. The molecule has 3 N–H and O–H groups in total. The number of benzene rings is 2. The fraction of sp³-hybridized carbons (Fsp3) is 0.240. The van der Waals surface area contributed by atoms with Crippen molar-refractivity contribution < 1.29 is 22.7 Å². The van der Waals surface area contributed by atoms with E-state index in [1.807, 2.05) is 6.08 Å². The number of hydrogen-bond acceptors (Lipinski definition) is 5. The molecule has 6 nitrogen and oxygen atoms in total. The van der Waals surface area contributed by atoms with Crippen LogP contribution in [0.5, 0.6) is 0 Å². The van der Waals surface area contributed by atoms with Crippen molar-refractivity contribution in [1.29, 1.82) is 0 Å². The van der Waals surface area contributed by atoms with Gasteiger partial charge in [0.15, 0.2) is 5.82 Å². The van der Waals surface area contributed by atoms with E-state index < -0.39 is 11.7 Å². The van der Waals surface area contributed by atoms with Gasteiger partial charge in [-0.1, -0.05) is 36.4 Å². The standard InChI is InChI=1S/C25H23F3N4O2/c26-25(27,28)20-6-5-19(14-29)21(13-20)17-3-1-16(2-4-17)15-31-24(33)22-7-10-30-23(32-22)18-8-11-34-12-9-18/h1-8,10,13H,9,11-12,14-15,29H2,(H,31,33). The van der Waals surface area contributed by atoms with E-state index in [0.717, 1.165) is 23.3 Å². The fourth-order valence-electron chi connectivity index (χ4n) is 3.64. The average molecular weight is 468 g/mol. The Bertz CT molecular complexity index is 1210. The molecule has 9 heteroatoms. The zero-order valence-corrected chi connectivity index (χ0v) is 18.2. The number of carbonyl (C=O) groups is 1. The van der Waals surface area contributed by atoms with Crippen molar-refractivity contribution in [3.05, 3.63) is 89.0 Å². The number of alkyl halides is 3. The molecule has 2 aromatic carbocycles. The van der Waals surface area contributed by atoms with Gasteiger partial charge in [0, 0.05) is 19.3 Å². The molecule has 176 valence electrons. The van der Waals surface area contributed by atoms with Crippen LogP contribution in [-0.2, 0) is 24.0 Å². The predicted molar refractivity (Wildman–Crippen MR) is 121 cm³/mol. The average Bonchev–Trinajstić information content (AvgIpc) is 2.87. The smallest absolute Gasteiger partial charge is 0.377 e. The highest BCUT2D eigenvalue weighted by Crippen LogP contribution is 2.34. The van der Waals surface area contributed by atoms with E-state index in [-0.39, 0.29) is 24.7 Å². The van der Waals surface area contributed by atoms with Gasteiger partial charge in [0.25, 0.3) is 5.91 Å². The fourth-order valence-corrected chi connectivity index (χ4v) is 3.64. The van der Waals surface area contributed by atoms with E-state index in [4.69, 9.17) is 10.5 Å². The molecule has 0 bridgehead atoms. The van der Waals surface area contributed by atoms with E-state index in [1.54, 1.807) is 36.5 Å². The van der Waals surface area contributed by atoms with Crippen LogP contribution >= 0.6 is 0 Å². The topological polar surface area (TPSA) is 90.1 Å². The first-order chi connectivity index (χ1) is 16.3. The molecule has 0 unspecified atom stereocenters. The number of ether oxygens (including phenoxy) is 1. The van der Waals surface area contributed by atoms with Crippen molar-refractivity contribution in [2.75, 3.05) is 13.2 Å². The van der Waals surface area contributed by atoms with Gasteiger partial charge >= 0.3 is 6.18 Å². The zero-order chi connectivity index (χ0) is 24.1. The molecule has 34 heavy (non-hydrogen) atoms. The monoisotopic (exact) mass is 468 g/mol. The Labute approximate surface area is 194 Å². The summed E-state index contributed by atoms with van der Waals surface area (Å²) in [5.74, 6) is 0.167. The molecule has 0 saturated heterocycles. The van der Waals surface area contributed by atoms with Crippen LogP contribution in [0.4, 0.5) is 13.2 Å². The molecule has 0 saturated carbocycles. The molecule has 0 radical (unpaired) electrons. The first kappa shape index (κ1) is 23.6. The Morgan fingerprint density at radius 2 is 1.91 bits per heavy atom. The highest BCUT2D eigenvalue weighted by atomic mass is 19.4. The summed E-state index contributed by atoms with van der Waals surface area (Å²) >= 11 is 0. The molecule has 1 aromatic heterocycles. The second-order valence-corrected chi connectivity index (χ2v) is 7.77. The summed E-state index contributed by atoms with van der Waals surface area (Å²) in [5, 5.41) is 2.81. The van der Waals surface area contributed by atoms with Gasteiger partial charge in [-0.15, -0.1) is 0 Å². The molecular weight excluding hydrogens is 445 g/mol. The van der Waals surface area contributed by atoms with Gasteiger partial charge in [-0.2, -0.15) is 13.2 Å². The third kappa shape index (κ3) is 5.49. The van der Waals surface area contributed by atoms with Crippen molar-refractivity contribution in [3.63, 3.8) is 0 Å². The number of nitrogens with zero attached hydrogens (tertiary/aromatic N) is 2. The van der Waals surface area contributed by atoms with Crippen LogP contribution in [0.15, 0.2) is 60.8 Å². The van der Waals surface area contributed by atoms with E-state index in [0.29, 0.717) is 42.1 Å². The molecule has 1 aliphatic rings. The highest BCUT2D eigenvalue weighted by molar-refractivity contribution is 5.92.